The van der Waals surface area contributed by atoms with Gasteiger partial charge in [0.2, 0.25) is 5.91 Å². The van der Waals surface area contributed by atoms with Gasteiger partial charge in [-0.25, -0.2) is 4.68 Å². The van der Waals surface area contributed by atoms with Crippen LogP contribution in [0.25, 0.3) is 11.8 Å². The third kappa shape index (κ3) is 4.10. The Bertz CT molecular complexity index is 797. The number of rotatable bonds is 5. The molecule has 114 valence electrons. The van der Waals surface area contributed by atoms with Crippen LogP contribution in [0.5, 0.6) is 0 Å². The first kappa shape index (κ1) is 14.6. The van der Waals surface area contributed by atoms with E-state index in [-0.39, 0.29) is 5.91 Å². The number of nitrogens with zero attached hydrogens (tertiary/aromatic N) is 4. The topological polar surface area (TPSA) is 72.7 Å². The lowest BCUT2D eigenvalue weighted by Crippen LogP contribution is -2.20. The van der Waals surface area contributed by atoms with Gasteiger partial charge in [0.1, 0.15) is 6.33 Å². The van der Waals surface area contributed by atoms with E-state index in [1.807, 2.05) is 54.6 Å². The molecule has 0 aliphatic rings. The molecular formula is C17H15N5O. The third-order valence-corrected chi connectivity index (χ3v) is 3.22. The fraction of sp³-hybridized carbons (Fsp3) is 0.0588. The molecular weight excluding hydrogens is 290 g/mol. The molecule has 23 heavy (non-hydrogen) atoms. The van der Waals surface area contributed by atoms with E-state index in [9.17, 15) is 4.79 Å². The number of hydrogen-bond acceptors (Lipinski definition) is 4. The second-order valence-electron chi connectivity index (χ2n) is 4.89. The van der Waals surface area contributed by atoms with Gasteiger partial charge in [-0.2, -0.15) is 0 Å². The van der Waals surface area contributed by atoms with Gasteiger partial charge in [-0.05, 0) is 39.8 Å². The van der Waals surface area contributed by atoms with Crippen LogP contribution in [-0.4, -0.2) is 26.1 Å². The van der Waals surface area contributed by atoms with Crippen LogP contribution in [0.15, 0.2) is 67.0 Å². The van der Waals surface area contributed by atoms with Gasteiger partial charge in [0, 0.05) is 12.6 Å². The van der Waals surface area contributed by atoms with E-state index in [1.165, 1.54) is 12.4 Å². The molecule has 1 N–H and O–H groups in total. The molecule has 2 aromatic carbocycles. The molecule has 0 aliphatic heterocycles. The fourth-order valence-electron chi connectivity index (χ4n) is 2.07. The SMILES string of the molecule is O=C(/C=C/c1cccc(-n2cnnn2)c1)NCc1ccccc1. The van der Waals surface area contributed by atoms with Crippen molar-refractivity contribution in [2.45, 2.75) is 6.54 Å². The smallest absolute Gasteiger partial charge is 0.244 e. The number of carbonyl (C=O) groups is 1. The van der Waals surface area contributed by atoms with Crippen molar-refractivity contribution in [3.05, 3.63) is 78.1 Å². The van der Waals surface area contributed by atoms with Gasteiger partial charge in [0.05, 0.1) is 5.69 Å². The summed E-state index contributed by atoms with van der Waals surface area (Å²) in [5.41, 5.74) is 2.80. The Morgan fingerprint density at radius 2 is 2.00 bits per heavy atom. The Hall–Kier alpha value is -3.28. The van der Waals surface area contributed by atoms with Crippen molar-refractivity contribution in [3.8, 4) is 5.69 Å². The van der Waals surface area contributed by atoms with Crippen molar-refractivity contribution in [1.29, 1.82) is 0 Å². The highest BCUT2D eigenvalue weighted by atomic mass is 16.1. The predicted molar refractivity (Wildman–Crippen MR) is 86.5 cm³/mol. The highest BCUT2D eigenvalue weighted by molar-refractivity contribution is 5.91. The summed E-state index contributed by atoms with van der Waals surface area (Å²) in [6.07, 6.45) is 4.80. The fourth-order valence-corrected chi connectivity index (χ4v) is 2.07. The Labute approximate surface area is 133 Å². The first-order valence-electron chi connectivity index (χ1n) is 7.14. The molecule has 1 heterocycles. The number of tetrazole rings is 1. The van der Waals surface area contributed by atoms with Gasteiger partial charge in [-0.3, -0.25) is 4.79 Å². The molecule has 0 aliphatic carbocycles. The maximum atomic E-state index is 11.9. The first-order chi connectivity index (χ1) is 11.3. The van der Waals surface area contributed by atoms with Crippen molar-refractivity contribution in [2.75, 3.05) is 0 Å². The maximum absolute atomic E-state index is 11.9. The Balaban J connectivity index is 1.61. The molecule has 0 unspecified atom stereocenters. The number of aromatic nitrogens is 4. The molecule has 0 radical (unpaired) electrons. The lowest BCUT2D eigenvalue weighted by molar-refractivity contribution is -0.116. The Morgan fingerprint density at radius 1 is 1.13 bits per heavy atom. The van der Waals surface area contributed by atoms with Gasteiger partial charge in [0.15, 0.2) is 0 Å². The molecule has 0 atom stereocenters. The summed E-state index contributed by atoms with van der Waals surface area (Å²) in [6, 6.07) is 17.4. The monoisotopic (exact) mass is 305 g/mol. The highest BCUT2D eigenvalue weighted by Crippen LogP contribution is 2.10. The molecule has 6 nitrogen and oxygen atoms in total. The average Bonchev–Trinajstić information content (AvgIpc) is 3.14. The van der Waals surface area contributed by atoms with Crippen molar-refractivity contribution in [3.63, 3.8) is 0 Å². The molecule has 0 spiro atoms. The van der Waals surface area contributed by atoms with E-state index < -0.39 is 0 Å². The van der Waals surface area contributed by atoms with E-state index in [4.69, 9.17) is 0 Å². The van der Waals surface area contributed by atoms with Crippen LogP contribution < -0.4 is 5.32 Å². The van der Waals surface area contributed by atoms with Gasteiger partial charge in [-0.1, -0.05) is 42.5 Å². The summed E-state index contributed by atoms with van der Waals surface area (Å²) in [4.78, 5) is 11.9. The summed E-state index contributed by atoms with van der Waals surface area (Å²) in [7, 11) is 0. The minimum absolute atomic E-state index is 0.137. The Kier molecular flexibility index (Phi) is 4.54. The van der Waals surface area contributed by atoms with Crippen LogP contribution in [0.3, 0.4) is 0 Å². The van der Waals surface area contributed by atoms with Crippen molar-refractivity contribution in [1.82, 2.24) is 25.5 Å². The Morgan fingerprint density at radius 3 is 2.78 bits per heavy atom. The summed E-state index contributed by atoms with van der Waals surface area (Å²) in [5, 5.41) is 13.9. The first-order valence-corrected chi connectivity index (χ1v) is 7.14. The van der Waals surface area contributed by atoms with E-state index >= 15 is 0 Å². The summed E-state index contributed by atoms with van der Waals surface area (Å²) in [5.74, 6) is -0.137. The van der Waals surface area contributed by atoms with Gasteiger partial charge >= 0.3 is 0 Å². The number of amides is 1. The number of nitrogens with one attached hydrogen (secondary N) is 1. The molecule has 1 amide bonds. The predicted octanol–water partition coefficient (Wildman–Crippen LogP) is 1.99. The second kappa shape index (κ2) is 7.13. The quantitative estimate of drug-likeness (QED) is 0.732. The molecule has 0 saturated carbocycles. The molecule has 6 heteroatoms. The molecule has 0 saturated heterocycles. The normalized spacial score (nSPS) is 10.8. The molecule has 1 aromatic heterocycles. The lowest BCUT2D eigenvalue weighted by atomic mass is 10.2. The van der Waals surface area contributed by atoms with E-state index in [1.54, 1.807) is 10.8 Å². The van der Waals surface area contributed by atoms with Gasteiger partial charge < -0.3 is 5.32 Å². The van der Waals surface area contributed by atoms with E-state index in [0.29, 0.717) is 6.54 Å². The zero-order valence-corrected chi connectivity index (χ0v) is 12.3. The standard InChI is InChI=1S/C17H15N5O/c23-17(18-12-15-5-2-1-3-6-15)10-9-14-7-4-8-16(11-14)22-13-19-20-21-22/h1-11,13H,12H2,(H,18,23)/b10-9+. The van der Waals surface area contributed by atoms with Crippen LogP contribution in [0.2, 0.25) is 0 Å². The number of benzene rings is 2. The molecule has 0 bridgehead atoms. The average molecular weight is 305 g/mol. The van der Waals surface area contributed by atoms with Crippen LogP contribution in [0.1, 0.15) is 11.1 Å². The molecule has 3 aromatic rings. The molecule has 3 rings (SSSR count). The zero-order valence-electron chi connectivity index (χ0n) is 12.3. The van der Waals surface area contributed by atoms with Crippen LogP contribution >= 0.6 is 0 Å². The largest absolute Gasteiger partial charge is 0.348 e. The van der Waals surface area contributed by atoms with E-state index in [0.717, 1.165) is 16.8 Å². The van der Waals surface area contributed by atoms with Gasteiger partial charge in [-0.15, -0.1) is 5.10 Å². The number of hydrogen-bond donors (Lipinski definition) is 1. The minimum atomic E-state index is -0.137. The van der Waals surface area contributed by atoms with Crippen molar-refractivity contribution in [2.24, 2.45) is 0 Å². The molecule has 0 fully saturated rings. The van der Waals surface area contributed by atoms with Crippen LogP contribution in [0.4, 0.5) is 0 Å². The second-order valence-corrected chi connectivity index (χ2v) is 4.89. The summed E-state index contributed by atoms with van der Waals surface area (Å²) in [6.45, 7) is 0.509. The number of carbonyl (C=O) groups excluding carboxylic acids is 1. The van der Waals surface area contributed by atoms with Crippen LogP contribution in [-0.2, 0) is 11.3 Å². The highest BCUT2D eigenvalue weighted by Gasteiger charge is 1.99. The summed E-state index contributed by atoms with van der Waals surface area (Å²) >= 11 is 0. The zero-order chi connectivity index (χ0) is 15.9. The lowest BCUT2D eigenvalue weighted by Gasteiger charge is -2.02. The van der Waals surface area contributed by atoms with Crippen molar-refractivity contribution >= 4 is 12.0 Å². The third-order valence-electron chi connectivity index (χ3n) is 3.22. The minimum Gasteiger partial charge on any atom is -0.348 e. The maximum Gasteiger partial charge on any atom is 0.244 e. The van der Waals surface area contributed by atoms with Gasteiger partial charge in [0.25, 0.3) is 0 Å². The van der Waals surface area contributed by atoms with E-state index in [2.05, 4.69) is 20.8 Å². The van der Waals surface area contributed by atoms with Crippen molar-refractivity contribution < 1.29 is 4.79 Å². The van der Waals surface area contributed by atoms with Crippen LogP contribution in [0, 0.1) is 0 Å². The summed E-state index contributed by atoms with van der Waals surface area (Å²) < 4.78 is 1.56.